The molecule has 0 aromatic rings. The Morgan fingerprint density at radius 1 is 1.38 bits per heavy atom. The van der Waals surface area contributed by atoms with Gasteiger partial charge in [-0.3, -0.25) is 4.79 Å². The van der Waals surface area contributed by atoms with Crippen molar-refractivity contribution in [3.63, 3.8) is 0 Å². The van der Waals surface area contributed by atoms with Crippen LogP contribution in [0.15, 0.2) is 0 Å². The number of amides is 1. The van der Waals surface area contributed by atoms with Gasteiger partial charge in [0.1, 0.15) is 0 Å². The van der Waals surface area contributed by atoms with Crippen molar-refractivity contribution in [1.82, 2.24) is 10.2 Å². The topological polar surface area (TPSA) is 32.3 Å². The Kier molecular flexibility index (Phi) is 7.80. The van der Waals surface area contributed by atoms with E-state index in [0.29, 0.717) is 25.9 Å². The van der Waals surface area contributed by atoms with Gasteiger partial charge in [-0.15, -0.1) is 0 Å². The summed E-state index contributed by atoms with van der Waals surface area (Å²) >= 11 is 0. The van der Waals surface area contributed by atoms with Crippen LogP contribution in [0.3, 0.4) is 0 Å². The van der Waals surface area contributed by atoms with Crippen LogP contribution >= 0.6 is 0 Å². The van der Waals surface area contributed by atoms with Crippen molar-refractivity contribution in [3.8, 4) is 0 Å². The summed E-state index contributed by atoms with van der Waals surface area (Å²) < 4.78 is 36.3. The maximum atomic E-state index is 12.1. The average Bonchev–Trinajstić information content (AvgIpc) is 2.05. The summed E-state index contributed by atoms with van der Waals surface area (Å²) in [6, 6.07) is 0.0412. The second kappa shape index (κ2) is 7.38. The SMILES string of the molecule is CC(=O)NC1CCN(C[B-](F)(F)F)CC1.[K+]. The number of hydrogen-bond donors (Lipinski definition) is 1. The summed E-state index contributed by atoms with van der Waals surface area (Å²) in [5.41, 5.74) is 0. The van der Waals surface area contributed by atoms with E-state index in [4.69, 9.17) is 0 Å². The fourth-order valence-electron chi connectivity index (χ4n) is 1.84. The van der Waals surface area contributed by atoms with Gasteiger partial charge >= 0.3 is 58.4 Å². The standard InChI is InChI=1S/C8H15BF3N2O.K/c1-7(15)13-8-2-4-14(5-3-8)6-9(10,11)12;/h8H,2-6H2,1H3,(H,13,15);/q-1;+1. The molecule has 3 nitrogen and oxygen atoms in total. The Hall–Kier alpha value is 0.921. The zero-order chi connectivity index (χ0) is 11.5. The Balaban J connectivity index is 0.00000225. The fraction of sp³-hybridized carbons (Fsp3) is 0.875. The third-order valence-corrected chi connectivity index (χ3v) is 2.46. The van der Waals surface area contributed by atoms with Gasteiger partial charge in [0.2, 0.25) is 5.91 Å². The van der Waals surface area contributed by atoms with E-state index >= 15 is 0 Å². The number of piperidine rings is 1. The van der Waals surface area contributed by atoms with Gasteiger partial charge in [-0.2, -0.15) is 0 Å². The van der Waals surface area contributed by atoms with Crippen LogP contribution in [0.2, 0.25) is 0 Å². The van der Waals surface area contributed by atoms with Gasteiger partial charge in [-0.25, -0.2) is 0 Å². The molecule has 16 heavy (non-hydrogen) atoms. The number of likely N-dealkylation sites (tertiary alicyclic amines) is 1. The molecule has 0 aromatic heterocycles. The molecule has 1 aliphatic heterocycles. The molecule has 88 valence electrons. The van der Waals surface area contributed by atoms with Gasteiger partial charge in [0.25, 0.3) is 0 Å². The number of nitrogens with one attached hydrogen (secondary N) is 1. The summed E-state index contributed by atoms with van der Waals surface area (Å²) in [6.45, 7) is -2.49. The van der Waals surface area contributed by atoms with Crippen LogP contribution in [0.5, 0.6) is 0 Å². The summed E-state index contributed by atoms with van der Waals surface area (Å²) in [4.78, 5) is 12.1. The molecular weight excluding hydrogens is 247 g/mol. The molecule has 0 bridgehead atoms. The Labute approximate surface area is 136 Å². The fourth-order valence-corrected chi connectivity index (χ4v) is 1.84. The maximum Gasteiger partial charge on any atom is 1.00 e. The molecule has 8 heteroatoms. The molecule has 1 saturated heterocycles. The molecule has 1 heterocycles. The molecule has 1 aliphatic rings. The molecule has 1 fully saturated rings. The first-order valence-corrected chi connectivity index (χ1v) is 5.07. The second-order valence-electron chi connectivity index (χ2n) is 3.99. The van der Waals surface area contributed by atoms with E-state index in [1.165, 1.54) is 11.8 Å². The minimum atomic E-state index is -4.73. The van der Waals surface area contributed by atoms with Crippen LogP contribution in [0.25, 0.3) is 0 Å². The van der Waals surface area contributed by atoms with E-state index in [-0.39, 0.29) is 63.3 Å². The average molecular weight is 262 g/mol. The number of nitrogens with zero attached hydrogens (tertiary/aromatic N) is 1. The Morgan fingerprint density at radius 3 is 2.25 bits per heavy atom. The number of carbonyl (C=O) groups excluding carboxylic acids is 1. The number of carbonyl (C=O) groups is 1. The first-order valence-electron chi connectivity index (χ1n) is 5.07. The molecular formula is C8H15BF3KN2O. The van der Waals surface area contributed by atoms with Crippen molar-refractivity contribution >= 4 is 12.9 Å². The third-order valence-electron chi connectivity index (χ3n) is 2.46. The Morgan fingerprint density at radius 2 is 1.88 bits per heavy atom. The predicted molar refractivity (Wildman–Crippen MR) is 52.4 cm³/mol. The van der Waals surface area contributed by atoms with Crippen LogP contribution < -0.4 is 56.7 Å². The van der Waals surface area contributed by atoms with Gasteiger partial charge in [0.15, 0.2) is 0 Å². The molecule has 0 aromatic carbocycles. The smallest absolute Gasteiger partial charge is 0.448 e. The number of hydrogen-bond acceptors (Lipinski definition) is 2. The van der Waals surface area contributed by atoms with Gasteiger partial charge in [-0.1, -0.05) is 0 Å². The van der Waals surface area contributed by atoms with E-state index in [0.717, 1.165) is 0 Å². The van der Waals surface area contributed by atoms with Crippen molar-refractivity contribution in [2.45, 2.75) is 25.8 Å². The maximum absolute atomic E-state index is 12.1. The van der Waals surface area contributed by atoms with Crippen molar-refractivity contribution in [2.24, 2.45) is 0 Å². The molecule has 0 atom stereocenters. The first kappa shape index (κ1) is 16.9. The van der Waals surface area contributed by atoms with E-state index in [1.54, 1.807) is 0 Å². The predicted octanol–water partition coefficient (Wildman–Crippen LogP) is -2.02. The van der Waals surface area contributed by atoms with Crippen LogP contribution in [0.1, 0.15) is 19.8 Å². The molecule has 0 spiro atoms. The molecule has 0 radical (unpaired) electrons. The molecule has 0 aliphatic carbocycles. The number of rotatable bonds is 3. The third kappa shape index (κ3) is 7.29. The normalized spacial score (nSPS) is 19.0. The molecule has 0 unspecified atom stereocenters. The van der Waals surface area contributed by atoms with Gasteiger partial charge in [0.05, 0.1) is 0 Å². The van der Waals surface area contributed by atoms with Gasteiger partial charge in [-0.05, 0) is 32.4 Å². The van der Waals surface area contributed by atoms with Crippen molar-refractivity contribution in [1.29, 1.82) is 0 Å². The molecule has 1 N–H and O–H groups in total. The molecule has 1 amide bonds. The molecule has 0 saturated carbocycles. The van der Waals surface area contributed by atoms with Crippen LogP contribution in [-0.4, -0.2) is 43.4 Å². The summed E-state index contributed by atoms with van der Waals surface area (Å²) in [5, 5.41) is 2.72. The quantitative estimate of drug-likeness (QED) is 0.595. The van der Waals surface area contributed by atoms with Crippen molar-refractivity contribution in [3.05, 3.63) is 0 Å². The summed E-state index contributed by atoms with van der Waals surface area (Å²) in [7, 11) is 0. The van der Waals surface area contributed by atoms with Crippen LogP contribution in [0, 0.1) is 0 Å². The monoisotopic (exact) mass is 262 g/mol. The second-order valence-corrected chi connectivity index (χ2v) is 3.99. The minimum absolute atomic E-state index is 0. The van der Waals surface area contributed by atoms with E-state index in [1.807, 2.05) is 0 Å². The van der Waals surface area contributed by atoms with Crippen LogP contribution in [0.4, 0.5) is 12.9 Å². The summed E-state index contributed by atoms with van der Waals surface area (Å²) in [6.07, 6.45) is 0.421. The van der Waals surface area contributed by atoms with Gasteiger partial charge in [0, 0.05) is 13.0 Å². The van der Waals surface area contributed by atoms with E-state index in [2.05, 4.69) is 5.32 Å². The Bertz CT molecular complexity index is 232. The zero-order valence-electron chi connectivity index (χ0n) is 9.68. The summed E-state index contributed by atoms with van der Waals surface area (Å²) in [5.74, 6) is -0.117. The van der Waals surface area contributed by atoms with E-state index in [9.17, 15) is 17.7 Å². The van der Waals surface area contributed by atoms with Crippen molar-refractivity contribution < 1.29 is 69.1 Å². The molecule has 1 rings (SSSR count). The van der Waals surface area contributed by atoms with E-state index < -0.39 is 13.4 Å². The van der Waals surface area contributed by atoms with Crippen LogP contribution in [-0.2, 0) is 4.79 Å². The number of halogens is 3. The minimum Gasteiger partial charge on any atom is -0.448 e. The zero-order valence-corrected chi connectivity index (χ0v) is 12.8. The van der Waals surface area contributed by atoms with Crippen molar-refractivity contribution in [2.75, 3.05) is 19.5 Å². The largest absolute Gasteiger partial charge is 1.00 e. The van der Waals surface area contributed by atoms with Gasteiger partial charge < -0.3 is 23.2 Å². The first-order chi connectivity index (χ1) is 6.87.